The molecule has 3 heteroatoms. The van der Waals surface area contributed by atoms with Crippen LogP contribution >= 0.6 is 0 Å². The lowest BCUT2D eigenvalue weighted by atomic mass is 10.0. The monoisotopic (exact) mass is 335 g/mol. The fourth-order valence-electron chi connectivity index (χ4n) is 3.53. The van der Waals surface area contributed by atoms with Crippen molar-refractivity contribution in [1.29, 1.82) is 0 Å². The van der Waals surface area contributed by atoms with Crippen LogP contribution in [0.2, 0.25) is 0 Å². The van der Waals surface area contributed by atoms with Gasteiger partial charge in [0.1, 0.15) is 5.65 Å². The van der Waals surface area contributed by atoms with Gasteiger partial charge in [0.2, 0.25) is 0 Å². The Labute approximate surface area is 151 Å². The lowest BCUT2D eigenvalue weighted by molar-refractivity contribution is 1.12. The van der Waals surface area contributed by atoms with Gasteiger partial charge in [0, 0.05) is 29.4 Å². The lowest BCUT2D eigenvalue weighted by Gasteiger charge is -2.07. The van der Waals surface area contributed by atoms with Crippen LogP contribution in [0, 0.1) is 6.92 Å². The van der Waals surface area contributed by atoms with E-state index < -0.39 is 0 Å². The highest BCUT2D eigenvalue weighted by molar-refractivity contribution is 6.09. The Balaban J connectivity index is 1.82. The van der Waals surface area contributed by atoms with Crippen LogP contribution in [-0.2, 0) is 0 Å². The van der Waals surface area contributed by atoms with Gasteiger partial charge in [0.25, 0.3) is 0 Å². The summed E-state index contributed by atoms with van der Waals surface area (Å²) in [6, 6.07) is 23.5. The van der Waals surface area contributed by atoms with Crippen LogP contribution in [-0.4, -0.2) is 14.5 Å². The van der Waals surface area contributed by atoms with E-state index in [2.05, 4.69) is 70.0 Å². The quantitative estimate of drug-likeness (QED) is 0.423. The molecule has 0 bridgehead atoms. The first-order chi connectivity index (χ1) is 12.8. The van der Waals surface area contributed by atoms with Gasteiger partial charge >= 0.3 is 0 Å². The number of hydrogen-bond donors (Lipinski definition) is 0. The van der Waals surface area contributed by atoms with Crippen LogP contribution in [0.3, 0.4) is 0 Å². The van der Waals surface area contributed by atoms with Gasteiger partial charge in [0.15, 0.2) is 0 Å². The molecule has 0 unspecified atom stereocenters. The van der Waals surface area contributed by atoms with E-state index in [4.69, 9.17) is 0 Å². The molecule has 0 aliphatic heterocycles. The van der Waals surface area contributed by atoms with Gasteiger partial charge in [-0.1, -0.05) is 35.9 Å². The number of fused-ring (bicyclic) bond motifs is 3. The van der Waals surface area contributed by atoms with Gasteiger partial charge in [0.05, 0.1) is 11.2 Å². The topological polar surface area (TPSA) is 30.7 Å². The SMILES string of the molecule is Cc1ccc(-c2ccc3c(c2)c2cccnc2n3-c2ccncc2)cc1. The van der Waals surface area contributed by atoms with Crippen LogP contribution in [0.4, 0.5) is 0 Å². The molecule has 5 rings (SSSR count). The number of nitrogens with zero attached hydrogens (tertiary/aromatic N) is 3. The summed E-state index contributed by atoms with van der Waals surface area (Å²) >= 11 is 0. The first-order valence-corrected chi connectivity index (χ1v) is 8.68. The predicted octanol–water partition coefficient (Wildman–Crippen LogP) is 5.55. The molecule has 0 atom stereocenters. The third-order valence-corrected chi connectivity index (χ3v) is 4.83. The van der Waals surface area contributed by atoms with E-state index in [1.165, 1.54) is 22.1 Å². The molecule has 26 heavy (non-hydrogen) atoms. The summed E-state index contributed by atoms with van der Waals surface area (Å²) in [6.45, 7) is 2.11. The summed E-state index contributed by atoms with van der Waals surface area (Å²) in [4.78, 5) is 8.79. The molecule has 0 saturated carbocycles. The molecule has 0 amide bonds. The van der Waals surface area contributed by atoms with E-state index in [9.17, 15) is 0 Å². The zero-order valence-corrected chi connectivity index (χ0v) is 14.4. The number of aromatic nitrogens is 3. The summed E-state index contributed by atoms with van der Waals surface area (Å²) in [5, 5.41) is 2.37. The summed E-state index contributed by atoms with van der Waals surface area (Å²) < 4.78 is 2.20. The van der Waals surface area contributed by atoms with Crippen molar-refractivity contribution in [3.05, 3.63) is 90.9 Å². The summed E-state index contributed by atoms with van der Waals surface area (Å²) in [5.41, 5.74) is 6.91. The summed E-state index contributed by atoms with van der Waals surface area (Å²) in [5.74, 6) is 0. The number of rotatable bonds is 2. The molecule has 124 valence electrons. The zero-order valence-electron chi connectivity index (χ0n) is 14.4. The first kappa shape index (κ1) is 14.8. The van der Waals surface area contributed by atoms with Crippen LogP contribution < -0.4 is 0 Å². The number of pyridine rings is 2. The third-order valence-electron chi connectivity index (χ3n) is 4.83. The molecule has 5 aromatic rings. The fourth-order valence-corrected chi connectivity index (χ4v) is 3.53. The van der Waals surface area contributed by atoms with Crippen molar-refractivity contribution < 1.29 is 0 Å². The minimum absolute atomic E-state index is 0.967. The van der Waals surface area contributed by atoms with Crippen molar-refractivity contribution in [2.75, 3.05) is 0 Å². The van der Waals surface area contributed by atoms with Gasteiger partial charge in [-0.3, -0.25) is 9.55 Å². The second kappa shape index (κ2) is 5.81. The van der Waals surface area contributed by atoms with E-state index in [-0.39, 0.29) is 0 Å². The van der Waals surface area contributed by atoms with Gasteiger partial charge in [-0.05, 0) is 54.4 Å². The molecule has 3 aromatic heterocycles. The third kappa shape index (κ3) is 2.29. The summed E-state index contributed by atoms with van der Waals surface area (Å²) in [7, 11) is 0. The van der Waals surface area contributed by atoms with Crippen molar-refractivity contribution in [2.24, 2.45) is 0 Å². The normalized spacial score (nSPS) is 11.3. The van der Waals surface area contributed by atoms with Crippen molar-refractivity contribution in [3.63, 3.8) is 0 Å². The highest BCUT2D eigenvalue weighted by Crippen LogP contribution is 2.33. The Bertz CT molecular complexity index is 1220. The van der Waals surface area contributed by atoms with E-state index in [0.717, 1.165) is 22.2 Å². The molecule has 0 aliphatic rings. The van der Waals surface area contributed by atoms with E-state index in [0.29, 0.717) is 0 Å². The van der Waals surface area contributed by atoms with Crippen LogP contribution in [0.15, 0.2) is 85.3 Å². The Kier molecular flexibility index (Phi) is 3.32. The van der Waals surface area contributed by atoms with E-state index >= 15 is 0 Å². The highest BCUT2D eigenvalue weighted by Gasteiger charge is 2.13. The highest BCUT2D eigenvalue weighted by atomic mass is 15.0. The van der Waals surface area contributed by atoms with E-state index in [1.54, 1.807) is 0 Å². The molecular formula is C23H17N3. The van der Waals surface area contributed by atoms with Crippen LogP contribution in [0.5, 0.6) is 0 Å². The first-order valence-electron chi connectivity index (χ1n) is 8.68. The zero-order chi connectivity index (χ0) is 17.5. The molecule has 0 fully saturated rings. The van der Waals surface area contributed by atoms with Crippen LogP contribution in [0.1, 0.15) is 5.56 Å². The Morgan fingerprint density at radius 1 is 0.731 bits per heavy atom. The van der Waals surface area contributed by atoms with Gasteiger partial charge in [-0.15, -0.1) is 0 Å². The van der Waals surface area contributed by atoms with Crippen molar-refractivity contribution in [3.8, 4) is 16.8 Å². The minimum atomic E-state index is 0.967. The van der Waals surface area contributed by atoms with Crippen LogP contribution in [0.25, 0.3) is 38.8 Å². The number of hydrogen-bond acceptors (Lipinski definition) is 2. The Hall–Kier alpha value is -3.46. The molecule has 0 N–H and O–H groups in total. The van der Waals surface area contributed by atoms with E-state index in [1.807, 2.05) is 36.8 Å². The maximum Gasteiger partial charge on any atom is 0.145 e. The smallest absolute Gasteiger partial charge is 0.145 e. The molecule has 3 heterocycles. The lowest BCUT2D eigenvalue weighted by Crippen LogP contribution is -1.95. The second-order valence-corrected chi connectivity index (χ2v) is 6.51. The predicted molar refractivity (Wildman–Crippen MR) is 107 cm³/mol. The fraction of sp³-hybridized carbons (Fsp3) is 0.0435. The molecule has 3 nitrogen and oxygen atoms in total. The molecule has 2 aromatic carbocycles. The van der Waals surface area contributed by atoms with Gasteiger partial charge in [-0.2, -0.15) is 0 Å². The van der Waals surface area contributed by atoms with Crippen molar-refractivity contribution in [2.45, 2.75) is 6.92 Å². The molecule has 0 aliphatic carbocycles. The maximum absolute atomic E-state index is 4.65. The molecule has 0 saturated heterocycles. The summed E-state index contributed by atoms with van der Waals surface area (Å²) in [6.07, 6.45) is 5.48. The standard InChI is InChI=1S/C23H17N3/c1-16-4-6-17(7-5-16)18-8-9-22-21(15-18)20-3-2-12-25-23(20)26(22)19-10-13-24-14-11-19/h2-15H,1H3. The molecule has 0 radical (unpaired) electrons. The van der Waals surface area contributed by atoms with Crippen molar-refractivity contribution in [1.82, 2.24) is 14.5 Å². The minimum Gasteiger partial charge on any atom is -0.294 e. The maximum atomic E-state index is 4.65. The van der Waals surface area contributed by atoms with Gasteiger partial charge < -0.3 is 0 Å². The molecule has 0 spiro atoms. The number of benzene rings is 2. The largest absolute Gasteiger partial charge is 0.294 e. The van der Waals surface area contributed by atoms with Gasteiger partial charge in [-0.25, -0.2) is 4.98 Å². The average molecular weight is 335 g/mol. The van der Waals surface area contributed by atoms with Crippen molar-refractivity contribution >= 4 is 21.9 Å². The molecular weight excluding hydrogens is 318 g/mol. The number of aryl methyl sites for hydroxylation is 1. The Morgan fingerprint density at radius 3 is 2.31 bits per heavy atom. The second-order valence-electron chi connectivity index (χ2n) is 6.51. The Morgan fingerprint density at radius 2 is 1.50 bits per heavy atom. The average Bonchev–Trinajstić information content (AvgIpc) is 3.03.